The summed E-state index contributed by atoms with van der Waals surface area (Å²) in [6.45, 7) is 7.51. The topological polar surface area (TPSA) is 192 Å². The van der Waals surface area contributed by atoms with Gasteiger partial charge in [-0.2, -0.15) is 0 Å². The molecule has 3 atom stereocenters. The van der Waals surface area contributed by atoms with Gasteiger partial charge in [0.2, 0.25) is 11.8 Å². The molecule has 3 aliphatic rings. The number of ether oxygens (including phenoxy) is 2. The lowest BCUT2D eigenvalue weighted by Crippen LogP contribution is -2.62. The molecule has 0 radical (unpaired) electrons. The number of hydrogen-bond acceptors (Lipinski definition) is 9. The molecule has 16 heteroatoms. The Kier molecular flexibility index (Phi) is 9.85. The van der Waals surface area contributed by atoms with Crippen LogP contribution in [0.1, 0.15) is 44.8 Å². The van der Waals surface area contributed by atoms with E-state index in [-0.39, 0.29) is 30.3 Å². The molecule has 0 bridgehead atoms. The molecular weight excluding hydrogens is 705 g/mol. The molecule has 53 heavy (non-hydrogen) atoms. The van der Waals surface area contributed by atoms with Crippen LogP contribution in [0.4, 0.5) is 0 Å². The first-order valence-corrected chi connectivity index (χ1v) is 19.1. The summed E-state index contributed by atoms with van der Waals surface area (Å²) in [5.41, 5.74) is 2.42. The number of aromatic nitrogens is 1. The Morgan fingerprint density at radius 2 is 1.81 bits per heavy atom. The fraction of sp³-hybridized carbons (Fsp3) is 0.378. The number of morpholine rings is 1. The zero-order valence-electron chi connectivity index (χ0n) is 29.3. The second-order valence-corrected chi connectivity index (χ2v) is 15.4. The normalized spacial score (nSPS) is 21.1. The third kappa shape index (κ3) is 7.30. The van der Waals surface area contributed by atoms with E-state index in [9.17, 15) is 33.5 Å². The van der Waals surface area contributed by atoms with Crippen molar-refractivity contribution in [2.24, 2.45) is 0 Å². The average Bonchev–Trinajstić information content (AvgIpc) is 3.76. The molecule has 0 spiro atoms. The monoisotopic (exact) mass is 745 g/mol. The Bertz CT molecular complexity index is 2190. The lowest BCUT2D eigenvalue weighted by Gasteiger charge is -2.40. The van der Waals surface area contributed by atoms with Crippen LogP contribution in [0.25, 0.3) is 21.7 Å². The lowest BCUT2D eigenvalue weighted by atomic mass is 10.0. The van der Waals surface area contributed by atoms with Crippen LogP contribution in [0.15, 0.2) is 65.2 Å². The first-order chi connectivity index (χ1) is 25.3. The highest BCUT2D eigenvalue weighted by Gasteiger charge is 2.48. The molecule has 3 aromatic carbocycles. The SMILES string of the molecule is C=C1CN(C(=O)c2noc3ccc(C)cc23)C[C@H](NC(=O)c2cc(OC)c3ccc(CP(=O)(O)O)cc3c2)C(=O)N2[C@@H]1CC[C@H]2C(=O)N1CCOCC1. The number of methoxy groups -OCH3 is 1. The minimum Gasteiger partial charge on any atom is -0.496 e. The number of rotatable bonds is 7. The molecule has 3 saturated heterocycles. The van der Waals surface area contributed by atoms with Gasteiger partial charge in [0.15, 0.2) is 11.3 Å². The number of benzene rings is 3. The van der Waals surface area contributed by atoms with Gasteiger partial charge in [-0.3, -0.25) is 23.7 Å². The molecule has 15 nitrogen and oxygen atoms in total. The van der Waals surface area contributed by atoms with Gasteiger partial charge in [-0.15, -0.1) is 0 Å². The van der Waals surface area contributed by atoms with Crippen LogP contribution in [0.5, 0.6) is 5.75 Å². The number of aryl methyl sites for hydroxylation is 1. The molecule has 7 rings (SSSR count). The second kappa shape index (κ2) is 14.4. The number of carbonyl (C=O) groups is 4. The van der Waals surface area contributed by atoms with Crippen LogP contribution >= 0.6 is 7.60 Å². The zero-order chi connectivity index (χ0) is 37.6. The number of hydrogen-bond donors (Lipinski definition) is 3. The number of fused-ring (bicyclic) bond motifs is 3. The molecule has 3 aliphatic heterocycles. The first kappa shape index (κ1) is 36.3. The van der Waals surface area contributed by atoms with Crippen LogP contribution in [0, 0.1) is 6.92 Å². The van der Waals surface area contributed by atoms with Gasteiger partial charge in [0.1, 0.15) is 17.8 Å². The maximum atomic E-state index is 14.7. The van der Waals surface area contributed by atoms with E-state index in [1.165, 1.54) is 23.0 Å². The van der Waals surface area contributed by atoms with Crippen molar-refractivity contribution in [3.8, 4) is 5.75 Å². The molecule has 0 unspecified atom stereocenters. The molecule has 4 aromatic rings. The molecule has 0 aliphatic carbocycles. The molecule has 4 heterocycles. The van der Waals surface area contributed by atoms with Crippen molar-refractivity contribution in [2.45, 2.75) is 44.1 Å². The highest BCUT2D eigenvalue weighted by atomic mass is 31.2. The highest BCUT2D eigenvalue weighted by molar-refractivity contribution is 7.50. The van der Waals surface area contributed by atoms with Crippen LogP contribution in [-0.2, 0) is 25.1 Å². The summed E-state index contributed by atoms with van der Waals surface area (Å²) in [7, 11) is -2.94. The number of carbonyl (C=O) groups excluding carboxylic acids is 4. The summed E-state index contributed by atoms with van der Waals surface area (Å²) >= 11 is 0. The van der Waals surface area contributed by atoms with Crippen molar-refractivity contribution in [1.29, 1.82) is 0 Å². The highest BCUT2D eigenvalue weighted by Crippen LogP contribution is 2.40. The number of nitrogens with one attached hydrogen (secondary N) is 1. The van der Waals surface area contributed by atoms with Crippen LogP contribution in [0.3, 0.4) is 0 Å². The Hall–Kier alpha value is -5.08. The van der Waals surface area contributed by atoms with Crippen molar-refractivity contribution in [2.75, 3.05) is 46.5 Å². The molecule has 3 N–H and O–H groups in total. The van der Waals surface area contributed by atoms with Crippen LogP contribution < -0.4 is 10.1 Å². The maximum absolute atomic E-state index is 14.7. The van der Waals surface area contributed by atoms with E-state index >= 15 is 0 Å². The summed E-state index contributed by atoms with van der Waals surface area (Å²) in [4.78, 5) is 80.6. The second-order valence-electron chi connectivity index (χ2n) is 13.7. The number of amides is 4. The van der Waals surface area contributed by atoms with E-state index in [2.05, 4.69) is 17.1 Å². The fourth-order valence-electron chi connectivity index (χ4n) is 7.53. The standard InChI is InChI=1S/C37H40N5O10P/c1-21-4-9-31-27(14-21)33(39-52-31)37(46)41-18-22(2)29-7-8-30(36(45)40-10-12-51-13-11-40)42(29)35(44)28(19-41)38-34(43)25-16-24-15-23(20-53(47,48)49)5-6-26(24)32(17-25)50-3/h4-6,9,14-17,28-30H,2,7-8,10-13,18-20H2,1,3H3,(H,38,43)(H2,47,48,49)/t28-,29+,30-/m0/s1. The van der Waals surface area contributed by atoms with Gasteiger partial charge in [0, 0.05) is 30.6 Å². The number of nitrogens with zero attached hydrogens (tertiary/aromatic N) is 4. The van der Waals surface area contributed by atoms with Crippen molar-refractivity contribution in [3.63, 3.8) is 0 Å². The predicted molar refractivity (Wildman–Crippen MR) is 192 cm³/mol. The Labute approximate surface area is 304 Å². The van der Waals surface area contributed by atoms with Crippen LogP contribution in [0.2, 0.25) is 0 Å². The van der Waals surface area contributed by atoms with Crippen molar-refractivity contribution in [3.05, 3.63) is 83.1 Å². The minimum absolute atomic E-state index is 0.0322. The van der Waals surface area contributed by atoms with E-state index < -0.39 is 49.6 Å². The zero-order valence-corrected chi connectivity index (χ0v) is 30.2. The van der Waals surface area contributed by atoms with Crippen LogP contribution in [-0.4, -0.2) is 118 Å². The quantitative estimate of drug-likeness (QED) is 0.186. The van der Waals surface area contributed by atoms with E-state index in [1.807, 2.05) is 13.0 Å². The molecule has 3 fully saturated rings. The van der Waals surface area contributed by atoms with Crippen molar-refractivity contribution in [1.82, 2.24) is 25.2 Å². The summed E-state index contributed by atoms with van der Waals surface area (Å²) in [5, 5.41) is 8.52. The van der Waals surface area contributed by atoms with E-state index in [0.717, 1.165) is 5.56 Å². The Morgan fingerprint density at radius 1 is 1.04 bits per heavy atom. The first-order valence-electron chi connectivity index (χ1n) is 17.3. The molecule has 278 valence electrons. The van der Waals surface area contributed by atoms with Gasteiger partial charge in [-0.25, -0.2) is 0 Å². The Balaban J connectivity index is 1.24. The predicted octanol–water partition coefficient (Wildman–Crippen LogP) is 3.00. The van der Waals surface area contributed by atoms with Crippen molar-refractivity contribution < 1.29 is 47.5 Å². The molecular formula is C37H40N5O10P. The average molecular weight is 746 g/mol. The van der Waals surface area contributed by atoms with Gasteiger partial charge >= 0.3 is 7.60 Å². The Morgan fingerprint density at radius 3 is 2.55 bits per heavy atom. The molecule has 4 amide bonds. The summed E-state index contributed by atoms with van der Waals surface area (Å²) in [6.07, 6.45) is 0.334. The maximum Gasteiger partial charge on any atom is 0.329 e. The largest absolute Gasteiger partial charge is 0.496 e. The van der Waals surface area contributed by atoms with Gasteiger partial charge in [-0.05, 0) is 60.6 Å². The lowest BCUT2D eigenvalue weighted by molar-refractivity contribution is -0.148. The molecule has 0 saturated carbocycles. The third-order valence-corrected chi connectivity index (χ3v) is 10.9. The van der Waals surface area contributed by atoms with Gasteiger partial charge in [0.25, 0.3) is 11.8 Å². The minimum atomic E-state index is -4.37. The van der Waals surface area contributed by atoms with Gasteiger partial charge < -0.3 is 43.8 Å². The summed E-state index contributed by atoms with van der Waals surface area (Å²) in [5.74, 6) is -1.59. The summed E-state index contributed by atoms with van der Waals surface area (Å²) < 4.78 is 28.2. The van der Waals surface area contributed by atoms with Gasteiger partial charge in [0.05, 0.1) is 44.5 Å². The molecule has 1 aromatic heterocycles. The smallest absolute Gasteiger partial charge is 0.329 e. The van der Waals surface area contributed by atoms with Crippen molar-refractivity contribution >= 4 is 53.0 Å². The van der Waals surface area contributed by atoms with E-state index in [4.69, 9.17) is 14.0 Å². The third-order valence-electron chi connectivity index (χ3n) is 10.1. The van der Waals surface area contributed by atoms with E-state index in [0.29, 0.717) is 77.8 Å². The van der Waals surface area contributed by atoms with E-state index in [1.54, 1.807) is 41.3 Å². The fourth-order valence-corrected chi connectivity index (χ4v) is 8.20. The summed E-state index contributed by atoms with van der Waals surface area (Å²) in [6, 6.07) is 10.6. The van der Waals surface area contributed by atoms with Gasteiger partial charge in [-0.1, -0.05) is 41.6 Å².